The van der Waals surface area contributed by atoms with E-state index in [9.17, 15) is 9.59 Å². The number of piperidine rings is 1. The van der Waals surface area contributed by atoms with E-state index < -0.39 is 17.4 Å². The summed E-state index contributed by atoms with van der Waals surface area (Å²) in [5.74, 6) is -1.06. The summed E-state index contributed by atoms with van der Waals surface area (Å²) in [7, 11) is 0. The van der Waals surface area contributed by atoms with Gasteiger partial charge in [-0.1, -0.05) is 20.3 Å². The summed E-state index contributed by atoms with van der Waals surface area (Å²) in [5, 5.41) is 15.0. The SMILES string of the molecule is CCC[C@H](NC(=O)C1(CC)CCCNC1)C(=O)O. The molecule has 0 aliphatic carbocycles. The van der Waals surface area contributed by atoms with Gasteiger partial charge in [0.25, 0.3) is 0 Å². The Balaban J connectivity index is 2.68. The van der Waals surface area contributed by atoms with Crippen molar-refractivity contribution in [2.45, 2.75) is 52.0 Å². The van der Waals surface area contributed by atoms with Crippen molar-refractivity contribution in [3.63, 3.8) is 0 Å². The highest BCUT2D eigenvalue weighted by molar-refractivity contribution is 5.87. The summed E-state index contributed by atoms with van der Waals surface area (Å²) >= 11 is 0. The number of rotatable bonds is 6. The Morgan fingerprint density at radius 2 is 2.17 bits per heavy atom. The summed E-state index contributed by atoms with van der Waals surface area (Å²) in [6.07, 6.45) is 3.76. The largest absolute Gasteiger partial charge is 0.480 e. The zero-order valence-corrected chi connectivity index (χ0v) is 11.3. The highest BCUT2D eigenvalue weighted by atomic mass is 16.4. The van der Waals surface area contributed by atoms with E-state index in [1.165, 1.54) is 0 Å². The molecule has 1 saturated heterocycles. The van der Waals surface area contributed by atoms with Crippen LogP contribution in [-0.2, 0) is 9.59 Å². The van der Waals surface area contributed by atoms with Gasteiger partial charge in [-0.05, 0) is 32.2 Å². The molecule has 1 rings (SSSR count). The maximum absolute atomic E-state index is 12.3. The van der Waals surface area contributed by atoms with E-state index in [2.05, 4.69) is 10.6 Å². The first kappa shape index (κ1) is 15.0. The van der Waals surface area contributed by atoms with Gasteiger partial charge in [-0.25, -0.2) is 4.79 Å². The molecule has 0 aromatic heterocycles. The van der Waals surface area contributed by atoms with Crippen molar-refractivity contribution in [1.82, 2.24) is 10.6 Å². The molecule has 18 heavy (non-hydrogen) atoms. The van der Waals surface area contributed by atoms with Crippen LogP contribution in [0.25, 0.3) is 0 Å². The molecule has 1 aliphatic heterocycles. The molecule has 1 amide bonds. The van der Waals surface area contributed by atoms with Crippen LogP contribution in [0, 0.1) is 5.41 Å². The number of carbonyl (C=O) groups excluding carboxylic acids is 1. The molecule has 2 atom stereocenters. The fourth-order valence-corrected chi connectivity index (χ4v) is 2.48. The molecule has 5 heteroatoms. The molecule has 0 aromatic rings. The van der Waals surface area contributed by atoms with Crippen LogP contribution in [0.3, 0.4) is 0 Å². The number of carbonyl (C=O) groups is 2. The van der Waals surface area contributed by atoms with Crippen molar-refractivity contribution in [2.75, 3.05) is 13.1 Å². The van der Waals surface area contributed by atoms with Crippen molar-refractivity contribution in [1.29, 1.82) is 0 Å². The lowest BCUT2D eigenvalue weighted by Gasteiger charge is -2.36. The normalized spacial score (nSPS) is 25.4. The van der Waals surface area contributed by atoms with Gasteiger partial charge in [0.1, 0.15) is 6.04 Å². The predicted octanol–water partition coefficient (Wildman–Crippen LogP) is 1.14. The number of aliphatic carboxylic acids is 1. The Kier molecular flexibility index (Phi) is 5.59. The van der Waals surface area contributed by atoms with Crippen molar-refractivity contribution >= 4 is 11.9 Å². The smallest absolute Gasteiger partial charge is 0.326 e. The molecule has 1 aliphatic rings. The first-order chi connectivity index (χ1) is 8.55. The van der Waals surface area contributed by atoms with E-state index in [1.54, 1.807) is 0 Å². The lowest BCUT2D eigenvalue weighted by molar-refractivity contribution is -0.144. The van der Waals surface area contributed by atoms with Crippen molar-refractivity contribution in [3.05, 3.63) is 0 Å². The lowest BCUT2D eigenvalue weighted by Crippen LogP contribution is -2.54. The van der Waals surface area contributed by atoms with Crippen LogP contribution in [0.2, 0.25) is 0 Å². The molecule has 0 bridgehead atoms. The zero-order valence-electron chi connectivity index (χ0n) is 11.3. The van der Waals surface area contributed by atoms with E-state index >= 15 is 0 Å². The van der Waals surface area contributed by atoms with Crippen molar-refractivity contribution in [2.24, 2.45) is 5.41 Å². The fraction of sp³-hybridized carbons (Fsp3) is 0.846. The van der Waals surface area contributed by atoms with Gasteiger partial charge < -0.3 is 15.7 Å². The van der Waals surface area contributed by atoms with Crippen LogP contribution in [0.1, 0.15) is 46.0 Å². The van der Waals surface area contributed by atoms with Crippen molar-refractivity contribution < 1.29 is 14.7 Å². The van der Waals surface area contributed by atoms with Gasteiger partial charge in [0.2, 0.25) is 5.91 Å². The standard InChI is InChI=1S/C13H24N2O3/c1-3-6-10(11(16)17)15-12(18)13(4-2)7-5-8-14-9-13/h10,14H,3-9H2,1-2H3,(H,15,18)(H,16,17)/t10-,13?/m0/s1. The quantitative estimate of drug-likeness (QED) is 0.666. The molecule has 3 N–H and O–H groups in total. The van der Waals surface area contributed by atoms with Crippen LogP contribution in [-0.4, -0.2) is 36.1 Å². The molecule has 1 fully saturated rings. The topological polar surface area (TPSA) is 78.4 Å². The highest BCUT2D eigenvalue weighted by Gasteiger charge is 2.39. The second-order valence-corrected chi connectivity index (χ2v) is 5.07. The number of amides is 1. The average molecular weight is 256 g/mol. The Labute approximate surface area is 108 Å². The molecule has 104 valence electrons. The molecule has 0 saturated carbocycles. The van der Waals surface area contributed by atoms with Crippen molar-refractivity contribution in [3.8, 4) is 0 Å². The minimum atomic E-state index is -0.944. The maximum Gasteiger partial charge on any atom is 0.326 e. The van der Waals surface area contributed by atoms with Crippen LogP contribution in [0.5, 0.6) is 0 Å². The number of hydrogen-bond donors (Lipinski definition) is 3. The van der Waals surface area contributed by atoms with Gasteiger partial charge in [0.15, 0.2) is 0 Å². The minimum Gasteiger partial charge on any atom is -0.480 e. The predicted molar refractivity (Wildman–Crippen MR) is 69.3 cm³/mol. The highest BCUT2D eigenvalue weighted by Crippen LogP contribution is 2.30. The summed E-state index contributed by atoms with van der Waals surface area (Å²) < 4.78 is 0. The molecular formula is C13H24N2O3. The molecule has 1 heterocycles. The number of carboxylic acid groups (broad SMARTS) is 1. The minimum absolute atomic E-state index is 0.113. The molecular weight excluding hydrogens is 232 g/mol. The number of carboxylic acids is 1. The average Bonchev–Trinajstić information content (AvgIpc) is 2.38. The lowest BCUT2D eigenvalue weighted by atomic mass is 9.77. The maximum atomic E-state index is 12.3. The van der Waals surface area contributed by atoms with Gasteiger partial charge in [-0.15, -0.1) is 0 Å². The third-order valence-corrected chi connectivity index (χ3v) is 3.81. The van der Waals surface area contributed by atoms with Crippen LogP contribution in [0.15, 0.2) is 0 Å². The summed E-state index contributed by atoms with van der Waals surface area (Å²) in [4.78, 5) is 23.4. The van der Waals surface area contributed by atoms with E-state index in [4.69, 9.17) is 5.11 Å². The van der Waals surface area contributed by atoms with E-state index in [0.29, 0.717) is 13.0 Å². The Morgan fingerprint density at radius 1 is 1.44 bits per heavy atom. The molecule has 0 aromatic carbocycles. The van der Waals surface area contributed by atoms with E-state index in [-0.39, 0.29) is 5.91 Å². The Morgan fingerprint density at radius 3 is 2.61 bits per heavy atom. The summed E-state index contributed by atoms with van der Waals surface area (Å²) in [5.41, 5.74) is -0.431. The second-order valence-electron chi connectivity index (χ2n) is 5.07. The third-order valence-electron chi connectivity index (χ3n) is 3.81. The van der Waals surface area contributed by atoms with Gasteiger partial charge in [0.05, 0.1) is 5.41 Å². The summed E-state index contributed by atoms with van der Waals surface area (Å²) in [6, 6.07) is -0.757. The third kappa shape index (κ3) is 3.45. The number of hydrogen-bond acceptors (Lipinski definition) is 3. The fourth-order valence-electron chi connectivity index (χ4n) is 2.48. The van der Waals surface area contributed by atoms with Gasteiger partial charge in [-0.2, -0.15) is 0 Å². The van der Waals surface area contributed by atoms with E-state index in [0.717, 1.165) is 32.2 Å². The van der Waals surface area contributed by atoms with Crippen LogP contribution in [0.4, 0.5) is 0 Å². The van der Waals surface area contributed by atoms with Gasteiger partial charge in [-0.3, -0.25) is 4.79 Å². The molecule has 0 spiro atoms. The number of nitrogens with one attached hydrogen (secondary N) is 2. The first-order valence-electron chi connectivity index (χ1n) is 6.80. The molecule has 0 radical (unpaired) electrons. The Hall–Kier alpha value is -1.10. The zero-order chi connectivity index (χ0) is 13.6. The summed E-state index contributed by atoms with van der Waals surface area (Å²) in [6.45, 7) is 5.49. The molecule has 5 nitrogen and oxygen atoms in total. The van der Waals surface area contributed by atoms with Crippen LogP contribution < -0.4 is 10.6 Å². The second kappa shape index (κ2) is 6.73. The monoisotopic (exact) mass is 256 g/mol. The Bertz CT molecular complexity index is 299. The van der Waals surface area contributed by atoms with Crippen LogP contribution >= 0.6 is 0 Å². The first-order valence-corrected chi connectivity index (χ1v) is 6.80. The molecule has 1 unspecified atom stereocenters. The van der Waals surface area contributed by atoms with Gasteiger partial charge >= 0.3 is 5.97 Å². The van der Waals surface area contributed by atoms with Gasteiger partial charge in [0, 0.05) is 6.54 Å². The van der Waals surface area contributed by atoms with E-state index in [1.807, 2.05) is 13.8 Å².